The van der Waals surface area contributed by atoms with Crippen LogP contribution in [-0.4, -0.2) is 24.2 Å². The van der Waals surface area contributed by atoms with Gasteiger partial charge >= 0.3 is 0 Å². The van der Waals surface area contributed by atoms with E-state index in [9.17, 15) is 9.18 Å². The van der Waals surface area contributed by atoms with E-state index in [1.165, 1.54) is 17.4 Å². The van der Waals surface area contributed by atoms with Gasteiger partial charge in [0.05, 0.1) is 5.69 Å². The van der Waals surface area contributed by atoms with Crippen LogP contribution in [0.15, 0.2) is 47.8 Å². The molecule has 1 N–H and O–H groups in total. The molecule has 26 heavy (non-hydrogen) atoms. The zero-order chi connectivity index (χ0) is 17.9. The molecule has 0 aliphatic carbocycles. The summed E-state index contributed by atoms with van der Waals surface area (Å²) in [7, 11) is 0. The highest BCUT2D eigenvalue weighted by molar-refractivity contribution is 7.13. The van der Waals surface area contributed by atoms with Crippen LogP contribution in [0.25, 0.3) is 10.6 Å². The fourth-order valence-corrected chi connectivity index (χ4v) is 3.50. The van der Waals surface area contributed by atoms with Crippen molar-refractivity contribution in [3.05, 3.63) is 64.9 Å². The molecule has 1 amide bonds. The van der Waals surface area contributed by atoms with Crippen molar-refractivity contribution < 1.29 is 18.7 Å². The average molecular weight is 370 g/mol. The molecule has 2 aromatic carbocycles. The molecule has 0 atom stereocenters. The number of ether oxygens (including phenoxy) is 2. The molecular weight excluding hydrogens is 355 g/mol. The number of aromatic nitrogens is 1. The summed E-state index contributed by atoms with van der Waals surface area (Å²) in [6, 6.07) is 11.6. The van der Waals surface area contributed by atoms with Crippen molar-refractivity contribution in [3.8, 4) is 22.1 Å². The summed E-state index contributed by atoms with van der Waals surface area (Å²) in [4.78, 5) is 16.7. The number of hydrogen-bond donors (Lipinski definition) is 1. The van der Waals surface area contributed by atoms with Crippen molar-refractivity contribution in [3.63, 3.8) is 0 Å². The number of rotatable bonds is 5. The monoisotopic (exact) mass is 370 g/mol. The summed E-state index contributed by atoms with van der Waals surface area (Å²) in [6.07, 6.45) is 0.571. The van der Waals surface area contributed by atoms with Gasteiger partial charge in [0.25, 0.3) is 5.91 Å². The molecule has 5 nitrogen and oxygen atoms in total. The zero-order valence-corrected chi connectivity index (χ0v) is 14.5. The Kier molecular flexibility index (Phi) is 4.53. The zero-order valence-electron chi connectivity index (χ0n) is 13.7. The van der Waals surface area contributed by atoms with Crippen LogP contribution in [-0.2, 0) is 6.42 Å². The summed E-state index contributed by atoms with van der Waals surface area (Å²) < 4.78 is 24.3. The van der Waals surface area contributed by atoms with E-state index in [1.807, 2.05) is 5.38 Å². The summed E-state index contributed by atoms with van der Waals surface area (Å²) in [5.41, 5.74) is 1.83. The van der Waals surface area contributed by atoms with Crippen LogP contribution in [0.5, 0.6) is 11.5 Å². The van der Waals surface area contributed by atoms with Gasteiger partial charge in [-0.25, -0.2) is 9.37 Å². The summed E-state index contributed by atoms with van der Waals surface area (Å²) >= 11 is 1.39. The SMILES string of the molecule is O=C(NCCc1csc(-c2ccccc2F)n1)c1ccc2c(c1)OCO2. The first-order chi connectivity index (χ1) is 12.7. The maximum Gasteiger partial charge on any atom is 0.251 e. The van der Waals surface area contributed by atoms with Crippen molar-refractivity contribution in [1.82, 2.24) is 10.3 Å². The summed E-state index contributed by atoms with van der Waals surface area (Å²) in [5, 5.41) is 5.38. The van der Waals surface area contributed by atoms with Gasteiger partial charge in [-0.3, -0.25) is 4.79 Å². The molecule has 1 aliphatic rings. The third kappa shape index (κ3) is 3.39. The maximum absolute atomic E-state index is 13.8. The number of benzene rings is 2. The standard InChI is InChI=1S/C19H15FN2O3S/c20-15-4-2-1-3-14(15)19-22-13(10-26-19)7-8-21-18(23)12-5-6-16-17(9-12)25-11-24-16/h1-6,9-10H,7-8,11H2,(H,21,23). The smallest absolute Gasteiger partial charge is 0.251 e. The maximum atomic E-state index is 13.8. The normalized spacial score (nSPS) is 12.2. The lowest BCUT2D eigenvalue weighted by Gasteiger charge is -2.05. The van der Waals surface area contributed by atoms with Crippen LogP contribution in [0.2, 0.25) is 0 Å². The predicted octanol–water partition coefficient (Wildman–Crippen LogP) is 3.65. The number of nitrogens with one attached hydrogen (secondary N) is 1. The van der Waals surface area contributed by atoms with E-state index in [-0.39, 0.29) is 18.5 Å². The van der Waals surface area contributed by atoms with Crippen LogP contribution >= 0.6 is 11.3 Å². The number of carbonyl (C=O) groups is 1. The largest absolute Gasteiger partial charge is 0.454 e. The minimum atomic E-state index is -0.287. The van der Waals surface area contributed by atoms with Crippen LogP contribution in [0, 0.1) is 5.82 Å². The van der Waals surface area contributed by atoms with E-state index < -0.39 is 0 Å². The topological polar surface area (TPSA) is 60.5 Å². The first kappa shape index (κ1) is 16.5. The molecule has 3 aromatic rings. The van der Waals surface area contributed by atoms with E-state index in [0.29, 0.717) is 40.6 Å². The molecule has 0 spiro atoms. The molecule has 0 unspecified atom stereocenters. The minimum Gasteiger partial charge on any atom is -0.454 e. The third-order valence-corrected chi connectivity index (χ3v) is 4.88. The van der Waals surface area contributed by atoms with Gasteiger partial charge in [0, 0.05) is 29.5 Å². The van der Waals surface area contributed by atoms with Crippen LogP contribution < -0.4 is 14.8 Å². The van der Waals surface area contributed by atoms with Crippen molar-refractivity contribution in [2.75, 3.05) is 13.3 Å². The first-order valence-electron chi connectivity index (χ1n) is 8.08. The lowest BCUT2D eigenvalue weighted by Crippen LogP contribution is -2.25. The lowest BCUT2D eigenvalue weighted by atomic mass is 10.2. The second-order valence-electron chi connectivity index (χ2n) is 5.70. The number of thiazole rings is 1. The van der Waals surface area contributed by atoms with Gasteiger partial charge in [-0.2, -0.15) is 0 Å². The number of hydrogen-bond acceptors (Lipinski definition) is 5. The molecule has 0 saturated heterocycles. The minimum absolute atomic E-state index is 0.175. The highest BCUT2D eigenvalue weighted by Crippen LogP contribution is 2.32. The van der Waals surface area contributed by atoms with E-state index in [0.717, 1.165) is 5.69 Å². The Labute approximate surface area is 153 Å². The Morgan fingerprint density at radius 2 is 2.04 bits per heavy atom. The Hall–Kier alpha value is -2.93. The van der Waals surface area contributed by atoms with Crippen molar-refractivity contribution >= 4 is 17.2 Å². The molecule has 1 aliphatic heterocycles. The third-order valence-electron chi connectivity index (χ3n) is 3.96. The molecule has 2 heterocycles. The fraction of sp³-hybridized carbons (Fsp3) is 0.158. The lowest BCUT2D eigenvalue weighted by molar-refractivity contribution is 0.0953. The van der Waals surface area contributed by atoms with Gasteiger partial charge in [0.15, 0.2) is 11.5 Å². The van der Waals surface area contributed by atoms with Crippen LogP contribution in [0.4, 0.5) is 4.39 Å². The molecule has 0 fully saturated rings. The van der Waals surface area contributed by atoms with Crippen molar-refractivity contribution in [1.29, 1.82) is 0 Å². The molecular formula is C19H15FN2O3S. The highest BCUT2D eigenvalue weighted by atomic mass is 32.1. The molecule has 0 bridgehead atoms. The number of amides is 1. The van der Waals surface area contributed by atoms with Crippen molar-refractivity contribution in [2.45, 2.75) is 6.42 Å². The number of halogens is 1. The van der Waals surface area contributed by atoms with Gasteiger partial charge in [0.2, 0.25) is 6.79 Å². The highest BCUT2D eigenvalue weighted by Gasteiger charge is 2.16. The average Bonchev–Trinajstić information content (AvgIpc) is 3.30. The van der Waals surface area contributed by atoms with Gasteiger partial charge < -0.3 is 14.8 Å². The quantitative estimate of drug-likeness (QED) is 0.745. The van der Waals surface area contributed by atoms with Gasteiger partial charge in [0.1, 0.15) is 10.8 Å². The van der Waals surface area contributed by atoms with E-state index in [1.54, 1.807) is 36.4 Å². The predicted molar refractivity (Wildman–Crippen MR) is 96.1 cm³/mol. The molecule has 0 radical (unpaired) electrons. The molecule has 0 saturated carbocycles. The Morgan fingerprint density at radius 3 is 2.92 bits per heavy atom. The van der Waals surface area contributed by atoms with Crippen molar-refractivity contribution in [2.24, 2.45) is 0 Å². The van der Waals surface area contributed by atoms with E-state index in [4.69, 9.17) is 9.47 Å². The van der Waals surface area contributed by atoms with Gasteiger partial charge in [-0.1, -0.05) is 12.1 Å². The second kappa shape index (κ2) is 7.13. The van der Waals surface area contributed by atoms with Gasteiger partial charge in [-0.05, 0) is 30.3 Å². The summed E-state index contributed by atoms with van der Waals surface area (Å²) in [5.74, 6) is 0.744. The number of fused-ring (bicyclic) bond motifs is 1. The second-order valence-corrected chi connectivity index (χ2v) is 6.56. The Morgan fingerprint density at radius 1 is 1.19 bits per heavy atom. The fourth-order valence-electron chi connectivity index (χ4n) is 2.62. The van der Waals surface area contributed by atoms with E-state index in [2.05, 4.69) is 10.3 Å². The van der Waals surface area contributed by atoms with E-state index >= 15 is 0 Å². The molecule has 132 valence electrons. The Balaban J connectivity index is 1.35. The number of nitrogens with zero attached hydrogens (tertiary/aromatic N) is 1. The Bertz CT molecular complexity index is 957. The van der Waals surface area contributed by atoms with Crippen LogP contribution in [0.3, 0.4) is 0 Å². The molecule has 1 aromatic heterocycles. The number of carbonyl (C=O) groups excluding carboxylic acids is 1. The van der Waals surface area contributed by atoms with Gasteiger partial charge in [-0.15, -0.1) is 11.3 Å². The molecule has 4 rings (SSSR count). The molecule has 7 heteroatoms. The van der Waals surface area contributed by atoms with Crippen LogP contribution in [0.1, 0.15) is 16.1 Å². The first-order valence-corrected chi connectivity index (χ1v) is 8.96. The summed E-state index contributed by atoms with van der Waals surface area (Å²) in [6.45, 7) is 0.613.